The van der Waals surface area contributed by atoms with Crippen LogP contribution in [0.4, 0.5) is 11.4 Å². The zero-order valence-corrected chi connectivity index (χ0v) is 30.0. The molecule has 0 spiro atoms. The third kappa shape index (κ3) is 10.1. The summed E-state index contributed by atoms with van der Waals surface area (Å²) in [5, 5.41) is 32.2. The van der Waals surface area contributed by atoms with Crippen LogP contribution in [0.5, 0.6) is 11.5 Å². The number of anilines is 2. The van der Waals surface area contributed by atoms with Crippen LogP contribution in [0.3, 0.4) is 0 Å². The highest BCUT2D eigenvalue weighted by Gasteiger charge is 2.19. The van der Waals surface area contributed by atoms with E-state index in [4.69, 9.17) is 9.47 Å². The highest BCUT2D eigenvalue weighted by molar-refractivity contribution is 6.05. The molecule has 4 rings (SSSR count). The van der Waals surface area contributed by atoms with Gasteiger partial charge in [-0.3, -0.25) is 19.6 Å². The molecule has 2 aromatic carbocycles. The molecular formula is C38H48N6O6. The molecule has 0 aliphatic rings. The molecule has 2 heterocycles. The Bertz CT molecular complexity index is 1700. The average molecular weight is 685 g/mol. The predicted molar refractivity (Wildman–Crippen MR) is 195 cm³/mol. The highest BCUT2D eigenvalue weighted by Crippen LogP contribution is 2.34. The van der Waals surface area contributed by atoms with Gasteiger partial charge in [0.1, 0.15) is 22.9 Å². The van der Waals surface area contributed by atoms with Crippen LogP contribution in [0.2, 0.25) is 0 Å². The van der Waals surface area contributed by atoms with Gasteiger partial charge in [-0.15, -0.1) is 0 Å². The number of rotatable bonds is 15. The zero-order valence-electron chi connectivity index (χ0n) is 30.0. The van der Waals surface area contributed by atoms with E-state index in [1.54, 1.807) is 52.2 Å². The number of pyridine rings is 2. The lowest BCUT2D eigenvalue weighted by molar-refractivity contribution is 0.0788. The molecule has 266 valence electrons. The predicted octanol–water partition coefficient (Wildman–Crippen LogP) is 5.00. The number of hydrogen-bond acceptors (Lipinski definition) is 10. The SMILES string of the molecule is COc1cc(C(=O)Nc2cccc(-c3cccc(NC(=O)c4cc(OC)c(CNCC(C)(C)O)cn4)c3C)c2C)ncc1CNCC(C)(C)O. The van der Waals surface area contributed by atoms with Crippen LogP contribution in [0.15, 0.2) is 60.9 Å². The number of ether oxygens (including phenoxy) is 2. The molecule has 0 aliphatic carbocycles. The number of nitrogens with one attached hydrogen (secondary N) is 4. The number of carbonyl (C=O) groups excluding carboxylic acids is 2. The lowest BCUT2D eigenvalue weighted by Crippen LogP contribution is -2.34. The summed E-state index contributed by atoms with van der Waals surface area (Å²) < 4.78 is 11.0. The Balaban J connectivity index is 1.50. The fourth-order valence-corrected chi connectivity index (χ4v) is 5.33. The summed E-state index contributed by atoms with van der Waals surface area (Å²) in [6.45, 7) is 12.3. The molecule has 0 atom stereocenters. The molecule has 0 saturated carbocycles. The molecule has 0 radical (unpaired) electrons. The van der Waals surface area contributed by atoms with Crippen LogP contribution in [0, 0.1) is 13.8 Å². The van der Waals surface area contributed by atoms with Crippen LogP contribution in [0.25, 0.3) is 11.1 Å². The summed E-state index contributed by atoms with van der Waals surface area (Å²) in [7, 11) is 3.07. The smallest absolute Gasteiger partial charge is 0.274 e. The van der Waals surface area contributed by atoms with Crippen molar-refractivity contribution in [1.29, 1.82) is 0 Å². The lowest BCUT2D eigenvalue weighted by atomic mass is 9.94. The molecular weight excluding hydrogens is 636 g/mol. The van der Waals surface area contributed by atoms with Gasteiger partial charge in [0.15, 0.2) is 0 Å². The maximum Gasteiger partial charge on any atom is 0.274 e. The first kappa shape index (κ1) is 37.9. The van der Waals surface area contributed by atoms with Crippen LogP contribution in [0.1, 0.15) is 70.9 Å². The van der Waals surface area contributed by atoms with E-state index in [-0.39, 0.29) is 23.2 Å². The van der Waals surface area contributed by atoms with Crippen molar-refractivity contribution in [3.63, 3.8) is 0 Å². The van der Waals surface area contributed by atoms with Crippen LogP contribution >= 0.6 is 0 Å². The van der Waals surface area contributed by atoms with Gasteiger partial charge >= 0.3 is 0 Å². The van der Waals surface area contributed by atoms with Gasteiger partial charge in [0.2, 0.25) is 0 Å². The second-order valence-corrected chi connectivity index (χ2v) is 13.5. The minimum atomic E-state index is -0.863. The third-order valence-electron chi connectivity index (χ3n) is 7.99. The summed E-state index contributed by atoms with van der Waals surface area (Å²) in [5.41, 5.74) is 4.88. The maximum atomic E-state index is 13.3. The van der Waals surface area contributed by atoms with Crippen LogP contribution in [-0.2, 0) is 13.1 Å². The topological polar surface area (TPSA) is 167 Å². The quantitative estimate of drug-likeness (QED) is 0.100. The maximum absolute atomic E-state index is 13.3. The molecule has 2 aromatic heterocycles. The molecule has 50 heavy (non-hydrogen) atoms. The molecule has 0 aliphatic heterocycles. The van der Waals surface area contributed by atoms with Crippen LogP contribution < -0.4 is 30.7 Å². The Morgan fingerprint density at radius 1 is 0.680 bits per heavy atom. The standard InChI is InChI=1S/C38H48N6O6/c1-23-27(11-9-13-29(23)43-35(45)31-15-33(49-7)25(19-41-31)17-39-21-37(3,4)47)28-12-10-14-30(24(28)2)44-36(46)32-16-34(50-8)26(20-42-32)18-40-22-38(5,6)48/h9-16,19-20,39-40,47-48H,17-18,21-22H2,1-8H3,(H,43,45)(H,44,46). The van der Waals surface area contributed by atoms with Crippen molar-refractivity contribution < 1.29 is 29.3 Å². The largest absolute Gasteiger partial charge is 0.496 e. The van der Waals surface area contributed by atoms with Crippen molar-refractivity contribution in [1.82, 2.24) is 20.6 Å². The number of benzene rings is 2. The Morgan fingerprint density at radius 3 is 1.40 bits per heavy atom. The molecule has 12 heteroatoms. The Hall–Kier alpha value is -4.88. The molecule has 12 nitrogen and oxygen atoms in total. The molecule has 0 bridgehead atoms. The summed E-state index contributed by atoms with van der Waals surface area (Å²) >= 11 is 0. The number of aromatic nitrogens is 2. The first-order chi connectivity index (χ1) is 23.6. The fraction of sp³-hybridized carbons (Fsp3) is 0.368. The summed E-state index contributed by atoms with van der Waals surface area (Å²) in [6, 6.07) is 14.5. The van der Waals surface area contributed by atoms with Gasteiger partial charge in [-0.05, 0) is 75.9 Å². The van der Waals surface area contributed by atoms with Gasteiger partial charge < -0.3 is 41.0 Å². The van der Waals surface area contributed by atoms with Gasteiger partial charge in [0.05, 0.1) is 25.4 Å². The first-order valence-electron chi connectivity index (χ1n) is 16.3. The molecule has 6 N–H and O–H groups in total. The van der Waals surface area contributed by atoms with Gasteiger partial charge in [-0.1, -0.05) is 24.3 Å². The Labute approximate surface area is 293 Å². The van der Waals surface area contributed by atoms with Crippen molar-refractivity contribution in [2.24, 2.45) is 0 Å². The molecule has 2 amide bonds. The van der Waals surface area contributed by atoms with E-state index in [2.05, 4.69) is 31.2 Å². The van der Waals surface area contributed by atoms with E-state index in [1.807, 2.05) is 50.2 Å². The number of methoxy groups -OCH3 is 2. The van der Waals surface area contributed by atoms with E-state index >= 15 is 0 Å². The molecule has 0 saturated heterocycles. The van der Waals surface area contributed by atoms with Crippen molar-refractivity contribution in [2.45, 2.75) is 65.8 Å². The summed E-state index contributed by atoms with van der Waals surface area (Å²) in [4.78, 5) is 35.4. The van der Waals surface area contributed by atoms with Crippen LogP contribution in [-0.4, -0.2) is 70.5 Å². The second kappa shape index (κ2) is 16.2. The lowest BCUT2D eigenvalue weighted by Gasteiger charge is -2.19. The van der Waals surface area contributed by atoms with Gasteiger partial charge in [-0.2, -0.15) is 0 Å². The fourth-order valence-electron chi connectivity index (χ4n) is 5.33. The van der Waals surface area contributed by atoms with Crippen molar-refractivity contribution in [3.05, 3.63) is 94.6 Å². The van der Waals surface area contributed by atoms with E-state index < -0.39 is 11.2 Å². The van der Waals surface area contributed by atoms with E-state index in [0.717, 1.165) is 33.4 Å². The summed E-state index contributed by atoms with van der Waals surface area (Å²) in [5.74, 6) is 0.243. The number of aliphatic hydroxyl groups is 2. The average Bonchev–Trinajstić information content (AvgIpc) is 3.05. The van der Waals surface area contributed by atoms with Crippen molar-refractivity contribution in [2.75, 3.05) is 37.9 Å². The Morgan fingerprint density at radius 2 is 1.06 bits per heavy atom. The second-order valence-electron chi connectivity index (χ2n) is 13.5. The monoisotopic (exact) mass is 684 g/mol. The van der Waals surface area contributed by atoms with Crippen molar-refractivity contribution in [3.8, 4) is 22.6 Å². The zero-order chi connectivity index (χ0) is 36.6. The van der Waals surface area contributed by atoms with Gasteiger partial charge in [0.25, 0.3) is 11.8 Å². The number of nitrogens with zero attached hydrogens (tertiary/aromatic N) is 2. The molecule has 0 unspecified atom stereocenters. The van der Waals surface area contributed by atoms with E-state index in [9.17, 15) is 19.8 Å². The van der Waals surface area contributed by atoms with Gasteiger partial charge in [-0.25, -0.2) is 0 Å². The first-order valence-corrected chi connectivity index (χ1v) is 16.3. The minimum Gasteiger partial charge on any atom is -0.496 e. The minimum absolute atomic E-state index is 0.197. The molecule has 0 fully saturated rings. The number of carbonyl (C=O) groups is 2. The number of amides is 2. The molecule has 4 aromatic rings. The third-order valence-corrected chi connectivity index (χ3v) is 7.99. The van der Waals surface area contributed by atoms with E-state index in [0.29, 0.717) is 49.1 Å². The van der Waals surface area contributed by atoms with Crippen molar-refractivity contribution >= 4 is 23.2 Å². The normalized spacial score (nSPS) is 11.6. The number of hydrogen-bond donors (Lipinski definition) is 6. The van der Waals surface area contributed by atoms with Gasteiger partial charge in [0, 0.05) is 73.2 Å². The van der Waals surface area contributed by atoms with E-state index in [1.165, 1.54) is 14.2 Å². The Kier molecular flexibility index (Phi) is 12.3. The highest BCUT2D eigenvalue weighted by atomic mass is 16.5. The summed E-state index contributed by atoms with van der Waals surface area (Å²) in [6.07, 6.45) is 3.18.